The van der Waals surface area contributed by atoms with Crippen molar-refractivity contribution in [2.45, 2.75) is 4.90 Å². The molecule has 0 aliphatic rings. The Hall–Kier alpha value is -3.36. The number of anilines is 1. The molecule has 3 aromatic carbocycles. The van der Waals surface area contributed by atoms with Crippen molar-refractivity contribution >= 4 is 50.9 Å². The first-order valence-corrected chi connectivity index (χ1v) is 11.6. The molecule has 0 atom stereocenters. The van der Waals surface area contributed by atoms with E-state index >= 15 is 0 Å². The molecule has 0 fully saturated rings. The minimum Gasteiger partial charge on any atom is -0.497 e. The fraction of sp³-hybridized carbons (Fsp3) is 0.125. The highest BCUT2D eigenvalue weighted by molar-refractivity contribution is 8.00. The maximum Gasteiger partial charge on any atom is 0.316 e. The largest absolute Gasteiger partial charge is 0.497 e. The molecule has 0 aliphatic heterocycles. The Morgan fingerprint density at radius 3 is 2.59 bits per heavy atom. The lowest BCUT2D eigenvalue weighted by Gasteiger charge is -2.06. The van der Waals surface area contributed by atoms with E-state index < -0.39 is 11.9 Å². The number of hydrogen-bond donors (Lipinski definition) is 1. The molecule has 1 N–H and O–H groups in total. The summed E-state index contributed by atoms with van der Waals surface area (Å²) in [6, 6.07) is 21.5. The molecule has 0 aliphatic carbocycles. The lowest BCUT2D eigenvalue weighted by atomic mass is 10.1. The van der Waals surface area contributed by atoms with Crippen LogP contribution < -0.4 is 10.1 Å². The first kappa shape index (κ1) is 21.9. The van der Waals surface area contributed by atoms with Gasteiger partial charge in [0.25, 0.3) is 5.91 Å². The number of carbonyl (C=O) groups excluding carboxylic acids is 2. The van der Waals surface area contributed by atoms with Crippen LogP contribution in [0.25, 0.3) is 22.0 Å². The van der Waals surface area contributed by atoms with Gasteiger partial charge in [-0.1, -0.05) is 30.3 Å². The molecule has 1 aromatic heterocycles. The monoisotopic (exact) mass is 464 g/mol. The van der Waals surface area contributed by atoms with E-state index in [1.54, 1.807) is 7.11 Å². The fourth-order valence-corrected chi connectivity index (χ4v) is 4.45. The Morgan fingerprint density at radius 2 is 1.81 bits per heavy atom. The molecule has 8 heteroatoms. The van der Waals surface area contributed by atoms with Crippen LogP contribution in [0.1, 0.15) is 0 Å². The molecule has 0 saturated carbocycles. The zero-order valence-corrected chi connectivity index (χ0v) is 18.9. The van der Waals surface area contributed by atoms with Gasteiger partial charge in [0.05, 0.1) is 18.6 Å². The van der Waals surface area contributed by atoms with Gasteiger partial charge in [-0.2, -0.15) is 0 Å². The van der Waals surface area contributed by atoms with E-state index in [0.717, 1.165) is 32.7 Å². The number of amides is 1. The van der Waals surface area contributed by atoms with Crippen LogP contribution in [0.15, 0.2) is 77.0 Å². The molecular formula is C24H20N2O4S2. The normalized spacial score (nSPS) is 10.7. The third-order valence-electron chi connectivity index (χ3n) is 4.58. The molecule has 32 heavy (non-hydrogen) atoms. The van der Waals surface area contributed by atoms with Crippen LogP contribution in [0.5, 0.6) is 5.75 Å². The Bertz CT molecular complexity index is 1240. The van der Waals surface area contributed by atoms with Crippen LogP contribution in [0.4, 0.5) is 5.13 Å². The number of nitrogens with one attached hydrogen (secondary N) is 1. The summed E-state index contributed by atoms with van der Waals surface area (Å²) in [6.07, 6.45) is 0. The third kappa shape index (κ3) is 5.66. The van der Waals surface area contributed by atoms with Gasteiger partial charge in [-0.3, -0.25) is 14.9 Å². The number of carbonyl (C=O) groups is 2. The fourth-order valence-electron chi connectivity index (χ4n) is 2.97. The first-order valence-electron chi connectivity index (χ1n) is 9.78. The van der Waals surface area contributed by atoms with Gasteiger partial charge < -0.3 is 9.47 Å². The number of benzene rings is 3. The smallest absolute Gasteiger partial charge is 0.316 e. The van der Waals surface area contributed by atoms with Crippen molar-refractivity contribution in [2.75, 3.05) is 24.8 Å². The summed E-state index contributed by atoms with van der Waals surface area (Å²) >= 11 is 2.68. The number of aromatic nitrogens is 1. The zero-order chi connectivity index (χ0) is 22.3. The predicted octanol–water partition coefficient (Wildman–Crippen LogP) is 5.25. The molecule has 0 spiro atoms. The minimum atomic E-state index is -0.448. The highest BCUT2D eigenvalue weighted by Gasteiger charge is 2.11. The van der Waals surface area contributed by atoms with Crippen LogP contribution in [-0.2, 0) is 14.3 Å². The second kappa shape index (κ2) is 10.3. The van der Waals surface area contributed by atoms with Gasteiger partial charge in [-0.05, 0) is 47.2 Å². The van der Waals surface area contributed by atoms with E-state index in [9.17, 15) is 9.59 Å². The second-order valence-corrected chi connectivity index (χ2v) is 8.68. The SMILES string of the molecule is COc1ccc(-c2csc(NC(=O)COC(=O)CSc3ccc4ccccc4c3)n2)cc1. The number of ether oxygens (including phenoxy) is 2. The van der Waals surface area contributed by atoms with Crippen molar-refractivity contribution in [1.82, 2.24) is 4.98 Å². The molecule has 6 nitrogen and oxygen atoms in total. The van der Waals surface area contributed by atoms with Crippen molar-refractivity contribution < 1.29 is 19.1 Å². The molecule has 0 unspecified atom stereocenters. The highest BCUT2D eigenvalue weighted by atomic mass is 32.2. The van der Waals surface area contributed by atoms with E-state index in [4.69, 9.17) is 9.47 Å². The van der Waals surface area contributed by atoms with E-state index in [1.165, 1.54) is 23.1 Å². The van der Waals surface area contributed by atoms with Crippen LogP contribution in [-0.4, -0.2) is 36.3 Å². The molecule has 0 saturated heterocycles. The van der Waals surface area contributed by atoms with Crippen molar-refractivity contribution in [1.29, 1.82) is 0 Å². The Labute approximate surface area is 193 Å². The molecular weight excluding hydrogens is 444 g/mol. The maximum absolute atomic E-state index is 12.1. The van der Waals surface area contributed by atoms with Crippen LogP contribution in [0.3, 0.4) is 0 Å². The summed E-state index contributed by atoms with van der Waals surface area (Å²) in [5.74, 6) is 0.0176. The summed E-state index contributed by atoms with van der Waals surface area (Å²) in [5.41, 5.74) is 1.66. The van der Waals surface area contributed by atoms with Gasteiger partial charge in [0.1, 0.15) is 5.75 Å². The van der Waals surface area contributed by atoms with Crippen LogP contribution in [0, 0.1) is 0 Å². The van der Waals surface area contributed by atoms with Gasteiger partial charge in [-0.25, -0.2) is 4.98 Å². The van der Waals surface area contributed by atoms with Gasteiger partial charge in [0.15, 0.2) is 11.7 Å². The number of nitrogens with zero attached hydrogens (tertiary/aromatic N) is 1. The van der Waals surface area contributed by atoms with Crippen molar-refractivity contribution in [3.63, 3.8) is 0 Å². The summed E-state index contributed by atoms with van der Waals surface area (Å²) in [6.45, 7) is -0.353. The number of rotatable bonds is 8. The zero-order valence-electron chi connectivity index (χ0n) is 17.2. The average Bonchev–Trinajstić information content (AvgIpc) is 3.29. The van der Waals surface area contributed by atoms with E-state index in [0.29, 0.717) is 5.13 Å². The standard InChI is InChI=1S/C24H20N2O4S2/c1-29-19-9-6-17(7-10-19)21-14-32-24(25-21)26-22(27)13-30-23(28)15-31-20-11-8-16-4-2-3-5-18(16)12-20/h2-12,14H,13,15H2,1H3,(H,25,26,27). The number of hydrogen-bond acceptors (Lipinski definition) is 7. The Balaban J connectivity index is 1.23. The third-order valence-corrected chi connectivity index (χ3v) is 6.30. The van der Waals surface area contributed by atoms with Gasteiger partial charge in [-0.15, -0.1) is 23.1 Å². The summed E-state index contributed by atoms with van der Waals surface area (Å²) < 4.78 is 10.2. The predicted molar refractivity (Wildman–Crippen MR) is 128 cm³/mol. The second-order valence-electron chi connectivity index (χ2n) is 6.77. The summed E-state index contributed by atoms with van der Waals surface area (Å²) in [4.78, 5) is 29.5. The number of thiazole rings is 1. The average molecular weight is 465 g/mol. The number of esters is 1. The number of fused-ring (bicyclic) bond motifs is 1. The van der Waals surface area contributed by atoms with Crippen molar-refractivity contribution in [3.8, 4) is 17.0 Å². The molecule has 1 amide bonds. The van der Waals surface area contributed by atoms with Gasteiger partial charge >= 0.3 is 5.97 Å². The lowest BCUT2D eigenvalue weighted by molar-refractivity contribution is -0.144. The lowest BCUT2D eigenvalue weighted by Crippen LogP contribution is -2.21. The van der Waals surface area contributed by atoms with E-state index in [1.807, 2.05) is 72.1 Å². The molecule has 0 radical (unpaired) electrons. The highest BCUT2D eigenvalue weighted by Crippen LogP contribution is 2.26. The van der Waals surface area contributed by atoms with E-state index in [-0.39, 0.29) is 12.4 Å². The molecule has 0 bridgehead atoms. The topological polar surface area (TPSA) is 77.5 Å². The number of methoxy groups -OCH3 is 1. The van der Waals surface area contributed by atoms with E-state index in [2.05, 4.69) is 10.3 Å². The molecule has 162 valence electrons. The molecule has 4 aromatic rings. The van der Waals surface area contributed by atoms with Gasteiger partial charge in [0.2, 0.25) is 0 Å². The maximum atomic E-state index is 12.1. The van der Waals surface area contributed by atoms with Crippen LogP contribution >= 0.6 is 23.1 Å². The quantitative estimate of drug-likeness (QED) is 0.284. The molecule has 4 rings (SSSR count). The van der Waals surface area contributed by atoms with Crippen LogP contribution in [0.2, 0.25) is 0 Å². The Kier molecular flexibility index (Phi) is 7.03. The first-order chi connectivity index (χ1) is 15.6. The summed E-state index contributed by atoms with van der Waals surface area (Å²) in [7, 11) is 1.61. The minimum absolute atomic E-state index is 0.129. The van der Waals surface area contributed by atoms with Crippen molar-refractivity contribution in [2.24, 2.45) is 0 Å². The Morgan fingerprint density at radius 1 is 1.03 bits per heavy atom. The van der Waals surface area contributed by atoms with Crippen molar-refractivity contribution in [3.05, 3.63) is 72.1 Å². The van der Waals surface area contributed by atoms with Gasteiger partial charge in [0, 0.05) is 15.8 Å². The summed E-state index contributed by atoms with van der Waals surface area (Å²) in [5, 5.41) is 7.22. The number of thioether (sulfide) groups is 1. The molecule has 1 heterocycles.